The van der Waals surface area contributed by atoms with Gasteiger partial charge in [0.05, 0.1) is 5.75 Å². The third-order valence-electron chi connectivity index (χ3n) is 2.35. The molecule has 0 fully saturated rings. The summed E-state index contributed by atoms with van der Waals surface area (Å²) in [4.78, 5) is 18.9. The Bertz CT molecular complexity index is 602. The van der Waals surface area contributed by atoms with E-state index in [1.807, 2.05) is 0 Å². The summed E-state index contributed by atoms with van der Waals surface area (Å²) in [6.45, 7) is 0. The molecule has 0 spiro atoms. The molecule has 7 heteroatoms. The number of nitrogens with zero attached hydrogens (tertiary/aromatic N) is 2. The minimum atomic E-state index is -4.51. The SMILES string of the molecule is O=C(CSc1nccc(C(F)(F)F)n1)c1ccccc1. The van der Waals surface area contributed by atoms with Crippen LogP contribution < -0.4 is 0 Å². The van der Waals surface area contributed by atoms with Crippen molar-refractivity contribution in [2.45, 2.75) is 11.3 Å². The molecule has 0 radical (unpaired) electrons. The molecule has 0 unspecified atom stereocenters. The summed E-state index contributed by atoms with van der Waals surface area (Å²) in [5.74, 6) is -0.192. The highest BCUT2D eigenvalue weighted by Gasteiger charge is 2.32. The van der Waals surface area contributed by atoms with E-state index in [0.717, 1.165) is 24.0 Å². The largest absolute Gasteiger partial charge is 0.433 e. The predicted octanol–water partition coefficient (Wildman–Crippen LogP) is 3.47. The van der Waals surface area contributed by atoms with Crippen LogP contribution in [-0.4, -0.2) is 21.5 Å². The second-order valence-corrected chi connectivity index (χ2v) is 4.74. The van der Waals surface area contributed by atoms with Gasteiger partial charge in [-0.15, -0.1) is 0 Å². The monoisotopic (exact) mass is 298 g/mol. The summed E-state index contributed by atoms with van der Waals surface area (Å²) in [5.41, 5.74) is -0.505. The molecule has 1 aromatic heterocycles. The number of benzene rings is 1. The minimum Gasteiger partial charge on any atom is -0.293 e. The van der Waals surface area contributed by atoms with Crippen molar-refractivity contribution in [2.24, 2.45) is 0 Å². The van der Waals surface area contributed by atoms with Gasteiger partial charge in [0, 0.05) is 11.8 Å². The number of hydrogen-bond donors (Lipinski definition) is 0. The highest BCUT2D eigenvalue weighted by Crippen LogP contribution is 2.28. The molecule has 0 amide bonds. The molecule has 1 aromatic carbocycles. The van der Waals surface area contributed by atoms with Crippen LogP contribution in [0.3, 0.4) is 0 Å². The highest BCUT2D eigenvalue weighted by molar-refractivity contribution is 7.99. The Kier molecular flexibility index (Phi) is 4.39. The number of thioether (sulfide) groups is 1. The number of Topliss-reactive ketones (excluding diaryl/α,β-unsaturated/α-hetero) is 1. The maximum Gasteiger partial charge on any atom is 0.433 e. The molecule has 2 rings (SSSR count). The third-order valence-corrected chi connectivity index (χ3v) is 3.21. The molecule has 0 aliphatic heterocycles. The summed E-state index contributed by atoms with van der Waals surface area (Å²) in [6, 6.07) is 9.31. The van der Waals surface area contributed by atoms with E-state index in [-0.39, 0.29) is 16.7 Å². The average molecular weight is 298 g/mol. The second kappa shape index (κ2) is 6.04. The van der Waals surface area contributed by atoms with Gasteiger partial charge in [0.2, 0.25) is 0 Å². The first-order valence-corrected chi connectivity index (χ1v) is 6.56. The van der Waals surface area contributed by atoms with Crippen LogP contribution in [-0.2, 0) is 6.18 Å². The highest BCUT2D eigenvalue weighted by atomic mass is 32.2. The molecule has 0 saturated carbocycles. The van der Waals surface area contributed by atoms with Crippen LogP contribution >= 0.6 is 11.8 Å². The average Bonchev–Trinajstić information content (AvgIpc) is 2.45. The van der Waals surface area contributed by atoms with Crippen molar-refractivity contribution in [1.82, 2.24) is 9.97 Å². The Balaban J connectivity index is 2.03. The summed E-state index contributed by atoms with van der Waals surface area (Å²) < 4.78 is 37.4. The molecule has 1 heterocycles. The minimum absolute atomic E-state index is 0.00861. The topological polar surface area (TPSA) is 42.9 Å². The van der Waals surface area contributed by atoms with Crippen LogP contribution in [0.5, 0.6) is 0 Å². The fourth-order valence-electron chi connectivity index (χ4n) is 1.41. The molecular weight excluding hydrogens is 289 g/mol. The van der Waals surface area contributed by atoms with E-state index >= 15 is 0 Å². The van der Waals surface area contributed by atoms with Crippen molar-refractivity contribution in [3.63, 3.8) is 0 Å². The molecule has 0 aliphatic carbocycles. The molecule has 3 nitrogen and oxygen atoms in total. The van der Waals surface area contributed by atoms with Crippen molar-refractivity contribution in [3.05, 3.63) is 53.9 Å². The lowest BCUT2D eigenvalue weighted by atomic mass is 10.2. The first kappa shape index (κ1) is 14.5. The van der Waals surface area contributed by atoms with Crippen LogP contribution in [0.15, 0.2) is 47.8 Å². The van der Waals surface area contributed by atoms with Gasteiger partial charge in [0.1, 0.15) is 5.69 Å². The van der Waals surface area contributed by atoms with E-state index in [4.69, 9.17) is 0 Å². The number of halogens is 3. The van der Waals surface area contributed by atoms with Gasteiger partial charge in [-0.1, -0.05) is 42.1 Å². The van der Waals surface area contributed by atoms with Crippen LogP contribution in [0.25, 0.3) is 0 Å². The van der Waals surface area contributed by atoms with Crippen LogP contribution in [0.4, 0.5) is 13.2 Å². The Morgan fingerprint density at radius 3 is 2.50 bits per heavy atom. The second-order valence-electron chi connectivity index (χ2n) is 3.80. The molecule has 0 N–H and O–H groups in total. The lowest BCUT2D eigenvalue weighted by Crippen LogP contribution is -2.09. The summed E-state index contributed by atoms with van der Waals surface area (Å²) in [7, 11) is 0. The first-order valence-electron chi connectivity index (χ1n) is 5.58. The lowest BCUT2D eigenvalue weighted by Gasteiger charge is -2.06. The van der Waals surface area contributed by atoms with Crippen molar-refractivity contribution < 1.29 is 18.0 Å². The van der Waals surface area contributed by atoms with Gasteiger partial charge in [-0.3, -0.25) is 4.79 Å². The van der Waals surface area contributed by atoms with E-state index in [1.165, 1.54) is 0 Å². The van der Waals surface area contributed by atoms with Gasteiger partial charge in [0.15, 0.2) is 10.9 Å². The molecule has 104 valence electrons. The fraction of sp³-hybridized carbons (Fsp3) is 0.154. The standard InChI is InChI=1S/C13H9F3N2OS/c14-13(15,16)11-6-7-17-12(18-11)20-8-10(19)9-4-2-1-3-5-9/h1-7H,8H2. The van der Waals surface area contributed by atoms with E-state index in [0.29, 0.717) is 5.56 Å². The smallest absolute Gasteiger partial charge is 0.293 e. The summed E-state index contributed by atoms with van der Waals surface area (Å²) in [6.07, 6.45) is -3.48. The Labute approximate surface area is 117 Å². The van der Waals surface area contributed by atoms with Crippen molar-refractivity contribution in [3.8, 4) is 0 Å². The quantitative estimate of drug-likeness (QED) is 0.492. The van der Waals surface area contributed by atoms with E-state index in [9.17, 15) is 18.0 Å². The Hall–Kier alpha value is -1.89. The number of carbonyl (C=O) groups is 1. The van der Waals surface area contributed by atoms with Gasteiger partial charge in [-0.2, -0.15) is 13.2 Å². The van der Waals surface area contributed by atoms with Gasteiger partial charge >= 0.3 is 6.18 Å². The summed E-state index contributed by atoms with van der Waals surface area (Å²) >= 11 is 0.882. The zero-order valence-electron chi connectivity index (χ0n) is 10.1. The number of rotatable bonds is 4. The molecular formula is C13H9F3N2OS. The predicted molar refractivity (Wildman–Crippen MR) is 68.5 cm³/mol. The zero-order chi connectivity index (χ0) is 14.6. The van der Waals surface area contributed by atoms with Crippen LogP contribution in [0.2, 0.25) is 0 Å². The lowest BCUT2D eigenvalue weighted by molar-refractivity contribution is -0.141. The molecule has 0 aliphatic rings. The van der Waals surface area contributed by atoms with Crippen molar-refractivity contribution in [1.29, 1.82) is 0 Å². The molecule has 20 heavy (non-hydrogen) atoms. The van der Waals surface area contributed by atoms with Crippen LogP contribution in [0.1, 0.15) is 16.1 Å². The van der Waals surface area contributed by atoms with Crippen molar-refractivity contribution in [2.75, 3.05) is 5.75 Å². The molecule has 0 bridgehead atoms. The van der Waals surface area contributed by atoms with E-state index in [2.05, 4.69) is 9.97 Å². The van der Waals surface area contributed by atoms with E-state index < -0.39 is 11.9 Å². The number of hydrogen-bond acceptors (Lipinski definition) is 4. The molecule has 0 atom stereocenters. The van der Waals surface area contributed by atoms with Gasteiger partial charge in [0.25, 0.3) is 0 Å². The molecule has 0 saturated heterocycles. The van der Waals surface area contributed by atoms with E-state index in [1.54, 1.807) is 30.3 Å². The van der Waals surface area contributed by atoms with Gasteiger partial charge in [-0.05, 0) is 6.07 Å². The Morgan fingerprint density at radius 1 is 1.15 bits per heavy atom. The number of carbonyl (C=O) groups excluding carboxylic acids is 1. The summed E-state index contributed by atoms with van der Waals surface area (Å²) in [5, 5.41) is -0.0656. The number of ketones is 1. The van der Waals surface area contributed by atoms with Crippen molar-refractivity contribution >= 4 is 17.5 Å². The van der Waals surface area contributed by atoms with Gasteiger partial charge in [-0.25, -0.2) is 9.97 Å². The Morgan fingerprint density at radius 2 is 1.85 bits per heavy atom. The number of alkyl halides is 3. The van der Waals surface area contributed by atoms with Gasteiger partial charge < -0.3 is 0 Å². The maximum atomic E-state index is 12.5. The van der Waals surface area contributed by atoms with Crippen LogP contribution in [0, 0.1) is 0 Å². The maximum absolute atomic E-state index is 12.5. The first-order chi connectivity index (χ1) is 9.47. The third kappa shape index (κ3) is 3.80. The number of aromatic nitrogens is 2. The molecule has 2 aromatic rings. The zero-order valence-corrected chi connectivity index (χ0v) is 10.9. The fourth-order valence-corrected chi connectivity index (χ4v) is 2.13. The normalized spacial score (nSPS) is 11.3.